The molecule has 1 aromatic rings. The zero-order valence-electron chi connectivity index (χ0n) is 17.2. The van der Waals surface area contributed by atoms with Crippen LogP contribution in [0, 0.1) is 0 Å². The van der Waals surface area contributed by atoms with Crippen LogP contribution >= 0.6 is 24.0 Å². The lowest BCUT2D eigenvalue weighted by molar-refractivity contribution is 0.0693. The fourth-order valence-corrected chi connectivity index (χ4v) is 3.83. The normalized spacial score (nSPS) is 25.7. The Labute approximate surface area is 180 Å². The van der Waals surface area contributed by atoms with Gasteiger partial charge < -0.3 is 20.3 Å². The first-order valence-electron chi connectivity index (χ1n) is 9.52. The third-order valence-corrected chi connectivity index (χ3v) is 5.40. The molecule has 152 valence electrons. The Bertz CT molecular complexity index is 651. The second-order valence-electron chi connectivity index (χ2n) is 8.15. The van der Waals surface area contributed by atoms with Crippen LogP contribution in [-0.2, 0) is 0 Å². The lowest BCUT2D eigenvalue weighted by Crippen LogP contribution is -2.55. The summed E-state index contributed by atoms with van der Waals surface area (Å²) in [7, 11) is 6.23. The summed E-state index contributed by atoms with van der Waals surface area (Å²) in [6.45, 7) is 8.48. The molecular weight excluding hydrogens is 453 g/mol. The van der Waals surface area contributed by atoms with E-state index in [1.54, 1.807) is 0 Å². The van der Waals surface area contributed by atoms with Gasteiger partial charge in [-0.3, -0.25) is 9.89 Å². The van der Waals surface area contributed by atoms with Gasteiger partial charge in [-0.05, 0) is 34.0 Å². The van der Waals surface area contributed by atoms with E-state index in [1.807, 2.05) is 19.2 Å². The van der Waals surface area contributed by atoms with E-state index >= 15 is 0 Å². The summed E-state index contributed by atoms with van der Waals surface area (Å²) in [6, 6.07) is 8.96. The number of nitrogens with one attached hydrogen (secondary N) is 2. The van der Waals surface area contributed by atoms with Crippen LogP contribution in [0.2, 0.25) is 0 Å². The van der Waals surface area contributed by atoms with Gasteiger partial charge >= 0.3 is 0 Å². The fourth-order valence-electron chi connectivity index (χ4n) is 3.83. The summed E-state index contributed by atoms with van der Waals surface area (Å²) in [4.78, 5) is 9.27. The van der Waals surface area contributed by atoms with Crippen LogP contribution in [0.4, 0.5) is 0 Å². The second-order valence-corrected chi connectivity index (χ2v) is 8.15. The van der Waals surface area contributed by atoms with Crippen molar-refractivity contribution in [2.24, 2.45) is 4.99 Å². The third kappa shape index (κ3) is 5.71. The number of hydrogen-bond acceptors (Lipinski definition) is 4. The Morgan fingerprint density at radius 2 is 2.00 bits per heavy atom. The number of para-hydroxylation sites is 1. The van der Waals surface area contributed by atoms with Gasteiger partial charge in [0.1, 0.15) is 11.4 Å². The van der Waals surface area contributed by atoms with Crippen molar-refractivity contribution < 1.29 is 4.74 Å². The van der Waals surface area contributed by atoms with Gasteiger partial charge in [0.15, 0.2) is 5.96 Å². The number of halogens is 1. The minimum atomic E-state index is -0.197. The molecule has 2 N–H and O–H groups in total. The molecule has 27 heavy (non-hydrogen) atoms. The predicted molar refractivity (Wildman–Crippen MR) is 122 cm³/mol. The molecule has 2 aliphatic rings. The number of piperazine rings is 1. The van der Waals surface area contributed by atoms with E-state index in [0.29, 0.717) is 6.04 Å². The first-order chi connectivity index (χ1) is 12.4. The fraction of sp³-hybridized carbons (Fsp3) is 0.650. The third-order valence-electron chi connectivity index (χ3n) is 5.40. The van der Waals surface area contributed by atoms with Crippen molar-refractivity contribution in [3.63, 3.8) is 0 Å². The molecule has 7 heteroatoms. The average Bonchev–Trinajstić information content (AvgIpc) is 2.60. The van der Waals surface area contributed by atoms with Crippen molar-refractivity contribution in [2.45, 2.75) is 38.0 Å². The number of fused-ring (bicyclic) bond motifs is 1. The predicted octanol–water partition coefficient (Wildman–Crippen LogP) is 2.32. The largest absolute Gasteiger partial charge is 0.487 e. The molecule has 6 nitrogen and oxygen atoms in total. The lowest BCUT2D eigenvalue weighted by atomic mass is 9.90. The van der Waals surface area contributed by atoms with Gasteiger partial charge in [0.2, 0.25) is 0 Å². The molecule has 2 aliphatic heterocycles. The topological polar surface area (TPSA) is 52.1 Å². The van der Waals surface area contributed by atoms with Crippen molar-refractivity contribution in [2.75, 3.05) is 47.3 Å². The number of ether oxygens (including phenoxy) is 1. The molecule has 0 bridgehead atoms. The minimum absolute atomic E-state index is 0. The quantitative estimate of drug-likeness (QED) is 0.390. The standard InChI is InChI=1S/C20H33N5O.HI/c1-20(2)12-17(16-8-6-7-9-18(16)26-20)23-19(21-3)22-13-15-14-24(4)10-11-25(15)5;/h6-9,15,17H,10-14H2,1-5H3,(H2,21,22,23);1H. The minimum Gasteiger partial charge on any atom is -0.487 e. The molecule has 1 saturated heterocycles. The summed E-state index contributed by atoms with van der Waals surface area (Å²) >= 11 is 0. The average molecular weight is 487 g/mol. The summed E-state index contributed by atoms with van der Waals surface area (Å²) < 4.78 is 6.13. The summed E-state index contributed by atoms with van der Waals surface area (Å²) in [6.07, 6.45) is 0.900. The number of nitrogens with zero attached hydrogens (tertiary/aromatic N) is 3. The van der Waals surface area contributed by atoms with Crippen molar-refractivity contribution in [3.8, 4) is 5.75 Å². The molecule has 1 fully saturated rings. The number of guanidine groups is 1. The molecule has 2 atom stereocenters. The highest BCUT2D eigenvalue weighted by Crippen LogP contribution is 2.39. The molecule has 0 aliphatic carbocycles. The maximum Gasteiger partial charge on any atom is 0.191 e. The Balaban J connectivity index is 0.00000261. The zero-order valence-corrected chi connectivity index (χ0v) is 19.5. The Kier molecular flexibility index (Phi) is 7.76. The van der Waals surface area contributed by atoms with Gasteiger partial charge in [-0.25, -0.2) is 0 Å². The lowest BCUT2D eigenvalue weighted by Gasteiger charge is -2.39. The van der Waals surface area contributed by atoms with Crippen molar-refractivity contribution in [1.29, 1.82) is 0 Å². The number of aliphatic imine (C=N–C) groups is 1. The maximum atomic E-state index is 6.13. The van der Waals surface area contributed by atoms with Crippen molar-refractivity contribution >= 4 is 29.9 Å². The van der Waals surface area contributed by atoms with E-state index in [2.05, 4.69) is 65.5 Å². The van der Waals surface area contributed by atoms with Gasteiger partial charge in [0.05, 0.1) is 6.04 Å². The molecule has 0 radical (unpaired) electrons. The summed E-state index contributed by atoms with van der Waals surface area (Å²) in [5, 5.41) is 7.14. The Morgan fingerprint density at radius 3 is 2.74 bits per heavy atom. The Hall–Kier alpha value is -1.06. The van der Waals surface area contributed by atoms with E-state index in [1.165, 1.54) is 5.56 Å². The van der Waals surface area contributed by atoms with Crippen molar-refractivity contribution in [1.82, 2.24) is 20.4 Å². The molecule has 3 rings (SSSR count). The van der Waals surface area contributed by atoms with E-state index in [4.69, 9.17) is 4.74 Å². The first-order valence-corrected chi connectivity index (χ1v) is 9.52. The van der Waals surface area contributed by atoms with Gasteiger partial charge in [-0.15, -0.1) is 24.0 Å². The smallest absolute Gasteiger partial charge is 0.191 e. The van der Waals surface area contributed by atoms with Crippen LogP contribution in [-0.4, -0.2) is 74.7 Å². The van der Waals surface area contributed by atoms with Gasteiger partial charge in [0.25, 0.3) is 0 Å². The zero-order chi connectivity index (χ0) is 18.7. The van der Waals surface area contributed by atoms with Crippen LogP contribution in [0.3, 0.4) is 0 Å². The van der Waals surface area contributed by atoms with Gasteiger partial charge in [-0.1, -0.05) is 18.2 Å². The number of rotatable bonds is 3. The SMILES string of the molecule is CN=C(NCC1CN(C)CCN1C)NC1CC(C)(C)Oc2ccccc21.I. The van der Waals surface area contributed by atoms with Gasteiger partial charge in [-0.2, -0.15) is 0 Å². The van der Waals surface area contributed by atoms with E-state index in [9.17, 15) is 0 Å². The summed E-state index contributed by atoms with van der Waals surface area (Å²) in [5.41, 5.74) is 1.00. The monoisotopic (exact) mass is 487 g/mol. The van der Waals surface area contributed by atoms with Crippen LogP contribution in [0.15, 0.2) is 29.3 Å². The molecule has 1 aromatic carbocycles. The van der Waals surface area contributed by atoms with E-state index in [0.717, 1.165) is 44.3 Å². The highest BCUT2D eigenvalue weighted by Gasteiger charge is 2.34. The van der Waals surface area contributed by atoms with Crippen LogP contribution < -0.4 is 15.4 Å². The highest BCUT2D eigenvalue weighted by atomic mass is 127. The molecular formula is C20H34IN5O. The van der Waals surface area contributed by atoms with Crippen LogP contribution in [0.25, 0.3) is 0 Å². The molecule has 0 amide bonds. The van der Waals surface area contributed by atoms with Crippen molar-refractivity contribution in [3.05, 3.63) is 29.8 Å². The second kappa shape index (κ2) is 9.43. The maximum absolute atomic E-state index is 6.13. The molecule has 0 aromatic heterocycles. The molecule has 0 spiro atoms. The number of likely N-dealkylation sites (N-methyl/N-ethyl adjacent to an activating group) is 2. The van der Waals surface area contributed by atoms with Crippen LogP contribution in [0.5, 0.6) is 5.75 Å². The van der Waals surface area contributed by atoms with E-state index in [-0.39, 0.29) is 35.6 Å². The Morgan fingerprint density at radius 1 is 1.26 bits per heavy atom. The van der Waals surface area contributed by atoms with Crippen LogP contribution in [0.1, 0.15) is 31.9 Å². The highest BCUT2D eigenvalue weighted by molar-refractivity contribution is 14.0. The molecule has 2 heterocycles. The number of hydrogen-bond donors (Lipinski definition) is 2. The van der Waals surface area contributed by atoms with E-state index < -0.39 is 0 Å². The number of benzene rings is 1. The molecule has 0 saturated carbocycles. The van der Waals surface area contributed by atoms with Gasteiger partial charge in [0, 0.05) is 51.3 Å². The molecule has 2 unspecified atom stereocenters. The first kappa shape index (κ1) is 22.2. The summed E-state index contributed by atoms with van der Waals surface area (Å²) in [5.74, 6) is 1.81.